The van der Waals surface area contributed by atoms with E-state index in [1.165, 1.54) is 29.8 Å². The maximum atomic E-state index is 13.6. The lowest BCUT2D eigenvalue weighted by molar-refractivity contribution is -0.141. The average molecular weight is 547 g/mol. The summed E-state index contributed by atoms with van der Waals surface area (Å²) in [7, 11) is -2.50. The molecule has 1 aromatic heterocycles. The first-order valence-electron chi connectivity index (χ1n) is 11.8. The third kappa shape index (κ3) is 6.82. The molecule has 0 amide bonds. The first-order valence-corrected chi connectivity index (χ1v) is 13.7. The minimum atomic E-state index is -3.99. The molecular formula is C26H31ClN4O5S. The fourth-order valence-corrected chi connectivity index (χ4v) is 5.66. The molecule has 0 saturated heterocycles. The summed E-state index contributed by atoms with van der Waals surface area (Å²) in [6, 6.07) is 7.69. The Balaban J connectivity index is 1.89. The number of rotatable bonds is 10. The summed E-state index contributed by atoms with van der Waals surface area (Å²) in [5, 5.41) is 8.53. The van der Waals surface area contributed by atoms with Gasteiger partial charge in [0, 0.05) is 41.5 Å². The maximum Gasteiger partial charge on any atom is 0.327 e. The average Bonchev–Trinajstić information content (AvgIpc) is 2.88. The van der Waals surface area contributed by atoms with Crippen molar-refractivity contribution in [2.24, 2.45) is 10.9 Å². The quantitative estimate of drug-likeness (QED) is 0.330. The highest BCUT2D eigenvalue weighted by Crippen LogP contribution is 2.33. The van der Waals surface area contributed by atoms with Gasteiger partial charge in [0.25, 0.3) is 0 Å². The lowest BCUT2D eigenvalue weighted by Gasteiger charge is -2.36. The lowest BCUT2D eigenvalue weighted by Crippen LogP contribution is -2.47. The second-order valence-electron chi connectivity index (χ2n) is 8.65. The monoisotopic (exact) mass is 546 g/mol. The van der Waals surface area contributed by atoms with Crippen LogP contribution in [0.2, 0.25) is 5.02 Å². The molecular weight excluding hydrogens is 516 g/mol. The first-order chi connectivity index (χ1) is 17.6. The van der Waals surface area contributed by atoms with Gasteiger partial charge in [-0.2, -0.15) is 4.31 Å². The second kappa shape index (κ2) is 12.4. The molecule has 0 radical (unpaired) electrons. The van der Waals surface area contributed by atoms with Crippen molar-refractivity contribution in [3.05, 3.63) is 53.7 Å². The molecule has 1 aromatic carbocycles. The summed E-state index contributed by atoms with van der Waals surface area (Å²) in [4.78, 5) is 20.4. The van der Waals surface area contributed by atoms with Crippen LogP contribution >= 0.6 is 11.6 Å². The zero-order valence-electron chi connectivity index (χ0n) is 21.1. The molecule has 2 aromatic rings. The minimum absolute atomic E-state index is 0.0178. The van der Waals surface area contributed by atoms with E-state index in [0.717, 1.165) is 0 Å². The van der Waals surface area contributed by atoms with Crippen LogP contribution in [-0.4, -0.2) is 61.8 Å². The molecule has 9 nitrogen and oxygen atoms in total. The Kier molecular flexibility index (Phi) is 9.58. The van der Waals surface area contributed by atoms with Crippen molar-refractivity contribution in [2.75, 3.05) is 20.2 Å². The Bertz CT molecular complexity index is 1290. The normalized spacial score (nSPS) is 19.0. The summed E-state index contributed by atoms with van der Waals surface area (Å²) >= 11 is 5.94. The molecule has 1 heterocycles. The van der Waals surface area contributed by atoms with E-state index in [1.54, 1.807) is 38.1 Å². The number of allylic oxidation sites excluding steroid dienone is 1. The predicted octanol–water partition coefficient (Wildman–Crippen LogP) is 5.00. The number of halogens is 1. The number of aliphatic imine (C=N–C) groups is 1. The number of carbonyl (C=O) groups excluding carboxylic acids is 1. The highest BCUT2D eigenvalue weighted by Gasteiger charge is 2.37. The maximum absolute atomic E-state index is 13.6. The van der Waals surface area contributed by atoms with Gasteiger partial charge in [-0.15, -0.1) is 0 Å². The van der Waals surface area contributed by atoms with Crippen molar-refractivity contribution in [1.29, 1.82) is 5.41 Å². The van der Waals surface area contributed by atoms with Crippen LogP contribution in [-0.2, 0) is 19.6 Å². The van der Waals surface area contributed by atoms with E-state index in [1.807, 2.05) is 0 Å². The largest absolute Gasteiger partial charge is 0.465 e. The summed E-state index contributed by atoms with van der Waals surface area (Å²) in [6.07, 6.45) is 4.26. The standard InChI is InChI=1S/C26H31ClN4O5S/c1-5-35-25(32)16-29-23-7-6-8-24(22(23)14-28)31(4)37(33,34)20-13-21(17(2)3)26(30-15-20)36-19-11-9-18(27)10-12-19/h9-15,22,24,28H,2,5-8,16H2,1,3-4H3. The third-order valence-electron chi connectivity index (χ3n) is 6.09. The minimum Gasteiger partial charge on any atom is -0.465 e. The van der Waals surface area contributed by atoms with Crippen LogP contribution in [0.25, 0.3) is 5.57 Å². The number of hydrogen-bond donors (Lipinski definition) is 1. The van der Waals surface area contributed by atoms with Gasteiger partial charge in [-0.25, -0.2) is 13.4 Å². The Morgan fingerprint density at radius 3 is 2.68 bits per heavy atom. The summed E-state index contributed by atoms with van der Waals surface area (Å²) in [5.74, 6) is -0.289. The number of carbonyl (C=O) groups is 1. The fourth-order valence-electron chi connectivity index (χ4n) is 4.15. The molecule has 37 heavy (non-hydrogen) atoms. The lowest BCUT2D eigenvalue weighted by atomic mass is 9.83. The van der Waals surface area contributed by atoms with Gasteiger partial charge in [-0.05, 0) is 69.0 Å². The number of nitrogens with one attached hydrogen (secondary N) is 1. The molecule has 1 aliphatic carbocycles. The van der Waals surface area contributed by atoms with Crippen LogP contribution in [0, 0.1) is 11.3 Å². The van der Waals surface area contributed by atoms with Gasteiger partial charge in [0.05, 0.1) is 12.8 Å². The van der Waals surface area contributed by atoms with Gasteiger partial charge in [0.2, 0.25) is 15.9 Å². The van der Waals surface area contributed by atoms with Gasteiger partial charge in [-0.1, -0.05) is 18.2 Å². The van der Waals surface area contributed by atoms with Crippen LogP contribution in [0.4, 0.5) is 0 Å². The number of esters is 1. The van der Waals surface area contributed by atoms with E-state index in [2.05, 4.69) is 16.6 Å². The molecule has 1 saturated carbocycles. The zero-order valence-corrected chi connectivity index (χ0v) is 22.7. The Morgan fingerprint density at radius 2 is 2.05 bits per heavy atom. The van der Waals surface area contributed by atoms with Crippen molar-refractivity contribution in [3.8, 4) is 11.6 Å². The summed E-state index contributed by atoms with van der Waals surface area (Å²) in [6.45, 7) is 7.50. The number of aromatic nitrogens is 1. The highest BCUT2D eigenvalue weighted by molar-refractivity contribution is 7.89. The Labute approximate surface area is 222 Å². The van der Waals surface area contributed by atoms with E-state index >= 15 is 0 Å². The summed E-state index contributed by atoms with van der Waals surface area (Å²) < 4.78 is 39.3. The molecule has 1 N–H and O–H groups in total. The van der Waals surface area contributed by atoms with Crippen molar-refractivity contribution in [2.45, 2.75) is 44.0 Å². The number of nitrogens with zero attached hydrogens (tertiary/aromatic N) is 3. The van der Waals surface area contributed by atoms with Gasteiger partial charge < -0.3 is 14.9 Å². The molecule has 11 heteroatoms. The van der Waals surface area contributed by atoms with Crippen molar-refractivity contribution >= 4 is 45.1 Å². The van der Waals surface area contributed by atoms with E-state index < -0.39 is 28.0 Å². The number of benzene rings is 1. The number of hydrogen-bond acceptors (Lipinski definition) is 8. The van der Waals surface area contributed by atoms with Crippen LogP contribution in [0.1, 0.15) is 38.7 Å². The third-order valence-corrected chi connectivity index (χ3v) is 8.19. The van der Waals surface area contributed by atoms with Gasteiger partial charge in [0.1, 0.15) is 17.2 Å². The number of sulfonamides is 1. The molecule has 0 aliphatic heterocycles. The molecule has 2 atom stereocenters. The number of pyridine rings is 1. The van der Waals surface area contributed by atoms with Crippen molar-refractivity contribution in [1.82, 2.24) is 9.29 Å². The van der Waals surface area contributed by atoms with Crippen molar-refractivity contribution in [3.63, 3.8) is 0 Å². The summed E-state index contributed by atoms with van der Waals surface area (Å²) in [5.41, 5.74) is 1.65. The van der Waals surface area contributed by atoms with Crippen molar-refractivity contribution < 1.29 is 22.7 Å². The van der Waals surface area contributed by atoms with Gasteiger partial charge in [0.15, 0.2) is 0 Å². The van der Waals surface area contributed by atoms with Gasteiger partial charge in [-0.3, -0.25) is 9.79 Å². The van der Waals surface area contributed by atoms with Crippen LogP contribution < -0.4 is 4.74 Å². The smallest absolute Gasteiger partial charge is 0.327 e. The topological polar surface area (TPSA) is 122 Å². The Morgan fingerprint density at radius 1 is 1.35 bits per heavy atom. The molecule has 2 unspecified atom stereocenters. The van der Waals surface area contributed by atoms with Crippen LogP contribution in [0.5, 0.6) is 11.6 Å². The molecule has 3 rings (SSSR count). The fraction of sp³-hybridized carbons (Fsp3) is 0.385. The zero-order chi connectivity index (χ0) is 27.2. The molecule has 0 bridgehead atoms. The van der Waals surface area contributed by atoms with E-state index in [-0.39, 0.29) is 23.9 Å². The van der Waals surface area contributed by atoms with Gasteiger partial charge >= 0.3 is 5.97 Å². The van der Waals surface area contributed by atoms with Crippen LogP contribution in [0.15, 0.2) is 53.0 Å². The molecule has 198 valence electrons. The Hall–Kier alpha value is -3.08. The van der Waals surface area contributed by atoms with E-state index in [0.29, 0.717) is 46.9 Å². The molecule has 1 fully saturated rings. The molecule has 0 spiro atoms. The SMILES string of the molecule is C=C(C)c1cc(S(=O)(=O)N(C)C2CCCC(=NCC(=O)OCC)C2C=N)cnc1Oc1ccc(Cl)cc1. The van der Waals surface area contributed by atoms with E-state index in [4.69, 9.17) is 26.5 Å². The molecule has 1 aliphatic rings. The predicted molar refractivity (Wildman–Crippen MR) is 144 cm³/mol. The second-order valence-corrected chi connectivity index (χ2v) is 11.1. The van der Waals surface area contributed by atoms with Crippen LogP contribution in [0.3, 0.4) is 0 Å². The first kappa shape index (κ1) is 28.5. The van der Waals surface area contributed by atoms with E-state index in [9.17, 15) is 13.2 Å². The highest BCUT2D eigenvalue weighted by atomic mass is 35.5. The number of ether oxygens (including phenoxy) is 2.